The van der Waals surface area contributed by atoms with Gasteiger partial charge in [0.05, 0.1) is 12.8 Å². The summed E-state index contributed by atoms with van der Waals surface area (Å²) >= 11 is 0. The molecule has 2 heterocycles. The van der Waals surface area contributed by atoms with E-state index in [1.807, 2.05) is 6.07 Å². The largest absolute Gasteiger partial charge is 0.495 e. The first-order valence-electron chi connectivity index (χ1n) is 9.00. The Morgan fingerprint density at radius 1 is 1.15 bits per heavy atom. The van der Waals surface area contributed by atoms with Crippen molar-refractivity contribution >= 4 is 21.6 Å². The van der Waals surface area contributed by atoms with Gasteiger partial charge in [-0.1, -0.05) is 18.6 Å². The number of aryl methyl sites for hydroxylation is 1. The normalized spacial score (nSPS) is 15.5. The zero-order valence-electron chi connectivity index (χ0n) is 15.8. The third-order valence-electron chi connectivity index (χ3n) is 4.86. The van der Waals surface area contributed by atoms with Crippen molar-refractivity contribution in [3.05, 3.63) is 41.2 Å². The summed E-state index contributed by atoms with van der Waals surface area (Å²) in [5.74, 6) is 0.133. The van der Waals surface area contributed by atoms with E-state index in [0.717, 1.165) is 19.3 Å². The van der Waals surface area contributed by atoms with Crippen LogP contribution in [0.2, 0.25) is 0 Å². The molecule has 2 N–H and O–H groups in total. The zero-order chi connectivity index (χ0) is 19.6. The molecule has 1 aliphatic rings. The van der Waals surface area contributed by atoms with Crippen molar-refractivity contribution in [3.8, 4) is 5.75 Å². The number of H-pyrrole nitrogens is 1. The Morgan fingerprint density at radius 2 is 1.81 bits per heavy atom. The number of aromatic nitrogens is 1. The lowest BCUT2D eigenvalue weighted by atomic mass is 10.2. The van der Waals surface area contributed by atoms with Gasteiger partial charge in [0.15, 0.2) is 0 Å². The SMILES string of the molecule is COc1ccccc1NC(=O)c1[nH]c(C)c(S(=O)(=O)N2CCCCC2)c1C. The van der Waals surface area contributed by atoms with E-state index in [4.69, 9.17) is 4.74 Å². The minimum absolute atomic E-state index is 0.203. The van der Waals surface area contributed by atoms with Crippen molar-refractivity contribution < 1.29 is 17.9 Å². The summed E-state index contributed by atoms with van der Waals surface area (Å²) in [6.07, 6.45) is 2.77. The maximum atomic E-state index is 13.1. The van der Waals surface area contributed by atoms with Crippen LogP contribution in [0.3, 0.4) is 0 Å². The maximum absolute atomic E-state index is 13.1. The first-order valence-corrected chi connectivity index (χ1v) is 10.4. The molecule has 0 radical (unpaired) electrons. The summed E-state index contributed by atoms with van der Waals surface area (Å²) in [5.41, 5.74) is 1.68. The average molecular weight is 391 g/mol. The Labute approximate surface area is 159 Å². The van der Waals surface area contributed by atoms with E-state index in [2.05, 4.69) is 10.3 Å². The number of sulfonamides is 1. The minimum Gasteiger partial charge on any atom is -0.495 e. The summed E-state index contributed by atoms with van der Waals surface area (Å²) in [4.78, 5) is 15.9. The molecule has 0 bridgehead atoms. The van der Waals surface area contributed by atoms with Crippen molar-refractivity contribution in [1.82, 2.24) is 9.29 Å². The Balaban J connectivity index is 1.92. The van der Waals surface area contributed by atoms with Gasteiger partial charge >= 0.3 is 0 Å². The number of piperidine rings is 1. The Bertz CT molecular complexity index is 944. The van der Waals surface area contributed by atoms with Crippen LogP contribution < -0.4 is 10.1 Å². The number of aromatic amines is 1. The summed E-state index contributed by atoms with van der Waals surface area (Å²) < 4.78 is 32.9. The van der Waals surface area contributed by atoms with Gasteiger partial charge in [0.2, 0.25) is 10.0 Å². The molecule has 1 aromatic heterocycles. The van der Waals surface area contributed by atoms with E-state index in [1.54, 1.807) is 32.0 Å². The van der Waals surface area contributed by atoms with Crippen LogP contribution in [-0.4, -0.2) is 43.8 Å². The fourth-order valence-corrected chi connectivity index (χ4v) is 5.44. The molecule has 3 rings (SSSR count). The number of rotatable bonds is 5. The Hall–Kier alpha value is -2.32. The second kappa shape index (κ2) is 7.74. The van der Waals surface area contributed by atoms with Gasteiger partial charge in [-0.25, -0.2) is 8.42 Å². The number of carbonyl (C=O) groups is 1. The third kappa shape index (κ3) is 3.72. The number of nitrogens with zero attached hydrogens (tertiary/aromatic N) is 1. The van der Waals surface area contributed by atoms with Crippen LogP contribution in [0.4, 0.5) is 5.69 Å². The zero-order valence-corrected chi connectivity index (χ0v) is 16.6. The highest BCUT2D eigenvalue weighted by Crippen LogP contribution is 2.29. The molecule has 7 nitrogen and oxygen atoms in total. The highest BCUT2D eigenvalue weighted by Gasteiger charge is 2.32. The summed E-state index contributed by atoms with van der Waals surface area (Å²) in [5, 5.41) is 2.79. The maximum Gasteiger partial charge on any atom is 0.272 e. The number of anilines is 1. The fraction of sp³-hybridized carbons (Fsp3) is 0.421. The first kappa shape index (κ1) is 19.4. The molecule has 1 fully saturated rings. The number of benzene rings is 1. The quantitative estimate of drug-likeness (QED) is 0.819. The molecule has 1 aromatic carbocycles. The lowest BCUT2D eigenvalue weighted by Crippen LogP contribution is -2.36. The van der Waals surface area contributed by atoms with E-state index in [0.29, 0.717) is 35.8 Å². The van der Waals surface area contributed by atoms with E-state index in [-0.39, 0.29) is 10.6 Å². The number of carbonyl (C=O) groups excluding carboxylic acids is 1. The van der Waals surface area contributed by atoms with Gasteiger partial charge in [-0.15, -0.1) is 0 Å². The van der Waals surface area contributed by atoms with Crippen LogP contribution in [0, 0.1) is 13.8 Å². The summed E-state index contributed by atoms with van der Waals surface area (Å²) in [6, 6.07) is 7.07. The molecular weight excluding hydrogens is 366 g/mol. The predicted molar refractivity (Wildman–Crippen MR) is 104 cm³/mol. The molecule has 0 aliphatic carbocycles. The van der Waals surface area contributed by atoms with Crippen LogP contribution in [0.15, 0.2) is 29.2 Å². The van der Waals surface area contributed by atoms with Gasteiger partial charge < -0.3 is 15.0 Å². The van der Waals surface area contributed by atoms with E-state index < -0.39 is 15.9 Å². The number of amides is 1. The van der Waals surface area contributed by atoms with Gasteiger partial charge in [0.1, 0.15) is 16.3 Å². The molecule has 0 spiro atoms. The number of hydrogen-bond acceptors (Lipinski definition) is 4. The number of para-hydroxylation sites is 2. The monoisotopic (exact) mass is 391 g/mol. The van der Waals surface area contributed by atoms with Crippen LogP contribution >= 0.6 is 0 Å². The van der Waals surface area contributed by atoms with Crippen molar-refractivity contribution in [2.75, 3.05) is 25.5 Å². The van der Waals surface area contributed by atoms with Crippen molar-refractivity contribution in [3.63, 3.8) is 0 Å². The predicted octanol–water partition coefficient (Wildman–Crippen LogP) is 3.07. The minimum atomic E-state index is -3.62. The van der Waals surface area contributed by atoms with Gasteiger partial charge in [-0.3, -0.25) is 4.79 Å². The highest BCUT2D eigenvalue weighted by atomic mass is 32.2. The Kier molecular flexibility index (Phi) is 5.57. The molecular formula is C19H25N3O4S. The molecule has 146 valence electrons. The average Bonchev–Trinajstić information content (AvgIpc) is 2.98. The lowest BCUT2D eigenvalue weighted by Gasteiger charge is -2.26. The second-order valence-corrected chi connectivity index (χ2v) is 8.57. The van der Waals surface area contributed by atoms with E-state index in [9.17, 15) is 13.2 Å². The standard InChI is InChI=1S/C19H25N3O4S/c1-13-17(19(23)21-15-9-5-6-10-16(15)26-3)20-14(2)18(13)27(24,25)22-11-7-4-8-12-22/h5-6,9-10,20H,4,7-8,11-12H2,1-3H3,(H,21,23). The molecule has 27 heavy (non-hydrogen) atoms. The fourth-order valence-electron chi connectivity index (χ4n) is 3.51. The van der Waals surface area contributed by atoms with E-state index in [1.165, 1.54) is 11.4 Å². The highest BCUT2D eigenvalue weighted by molar-refractivity contribution is 7.89. The van der Waals surface area contributed by atoms with Crippen LogP contribution in [0.1, 0.15) is 41.0 Å². The number of hydrogen-bond donors (Lipinski definition) is 2. The third-order valence-corrected chi connectivity index (χ3v) is 7.04. The Morgan fingerprint density at radius 3 is 2.48 bits per heavy atom. The molecule has 0 atom stereocenters. The first-order chi connectivity index (χ1) is 12.9. The molecule has 0 saturated carbocycles. The molecule has 8 heteroatoms. The topological polar surface area (TPSA) is 91.5 Å². The lowest BCUT2D eigenvalue weighted by molar-refractivity contribution is 0.102. The van der Waals surface area contributed by atoms with Crippen LogP contribution in [0.25, 0.3) is 0 Å². The second-order valence-electron chi connectivity index (χ2n) is 6.70. The van der Waals surface area contributed by atoms with Gasteiger partial charge in [-0.2, -0.15) is 4.31 Å². The number of ether oxygens (including phenoxy) is 1. The molecule has 0 unspecified atom stereocenters. The van der Waals surface area contributed by atoms with Crippen molar-refractivity contribution in [2.24, 2.45) is 0 Å². The van der Waals surface area contributed by atoms with E-state index >= 15 is 0 Å². The summed E-state index contributed by atoms with van der Waals surface area (Å²) in [7, 11) is -2.10. The van der Waals surface area contributed by atoms with Gasteiger partial charge in [0.25, 0.3) is 5.91 Å². The van der Waals surface area contributed by atoms with Crippen molar-refractivity contribution in [2.45, 2.75) is 38.0 Å². The van der Waals surface area contributed by atoms with Crippen LogP contribution in [0.5, 0.6) is 5.75 Å². The smallest absolute Gasteiger partial charge is 0.272 e. The molecule has 1 aliphatic heterocycles. The van der Waals surface area contributed by atoms with Crippen molar-refractivity contribution in [1.29, 1.82) is 0 Å². The van der Waals surface area contributed by atoms with Gasteiger partial charge in [0, 0.05) is 18.8 Å². The van der Waals surface area contributed by atoms with Crippen LogP contribution in [-0.2, 0) is 10.0 Å². The number of methoxy groups -OCH3 is 1. The van der Waals surface area contributed by atoms with Gasteiger partial charge in [-0.05, 0) is 44.4 Å². The molecule has 2 aromatic rings. The summed E-state index contributed by atoms with van der Waals surface area (Å²) in [6.45, 7) is 4.39. The molecule has 1 saturated heterocycles. The molecule has 1 amide bonds. The number of nitrogens with one attached hydrogen (secondary N) is 2.